The van der Waals surface area contributed by atoms with Gasteiger partial charge in [0.2, 0.25) is 6.41 Å². The van der Waals surface area contributed by atoms with E-state index in [9.17, 15) is 9.18 Å². The summed E-state index contributed by atoms with van der Waals surface area (Å²) in [6.07, 6.45) is 2.70. The first-order chi connectivity index (χ1) is 4.85. The lowest BCUT2D eigenvalue weighted by molar-refractivity contribution is -0.118. The fourth-order valence-electron chi connectivity index (χ4n) is 0.687. The molecule has 0 rings (SSSR count). The van der Waals surface area contributed by atoms with Gasteiger partial charge < -0.3 is 4.90 Å². The maximum atomic E-state index is 11.7. The first kappa shape index (κ1) is 9.40. The Balaban J connectivity index is 3.29. The standard InChI is InChI=1S/C7H14FNO/c1-2-3-5-9(7-10)6-4-8/h7H,2-6H2,1H3. The fourth-order valence-corrected chi connectivity index (χ4v) is 0.687. The minimum atomic E-state index is -0.442. The maximum Gasteiger partial charge on any atom is 0.209 e. The van der Waals surface area contributed by atoms with Gasteiger partial charge in [0.05, 0.1) is 0 Å². The van der Waals surface area contributed by atoms with Crippen LogP contribution in [0.3, 0.4) is 0 Å². The fraction of sp³-hybridized carbons (Fsp3) is 0.857. The Hall–Kier alpha value is -0.600. The molecule has 0 aromatic heterocycles. The third-order valence-electron chi connectivity index (χ3n) is 1.32. The molecule has 0 aliphatic heterocycles. The molecule has 0 radical (unpaired) electrons. The van der Waals surface area contributed by atoms with Crippen LogP contribution >= 0.6 is 0 Å². The first-order valence-corrected chi connectivity index (χ1v) is 3.60. The number of nitrogens with zero attached hydrogens (tertiary/aromatic N) is 1. The van der Waals surface area contributed by atoms with Gasteiger partial charge in [-0.15, -0.1) is 0 Å². The number of halogens is 1. The molecule has 3 heteroatoms. The Bertz CT molecular complexity index is 87.7. The van der Waals surface area contributed by atoms with Crippen molar-refractivity contribution in [2.75, 3.05) is 19.8 Å². The molecular formula is C7H14FNO. The summed E-state index contributed by atoms with van der Waals surface area (Å²) in [5, 5.41) is 0. The molecule has 0 saturated carbocycles. The van der Waals surface area contributed by atoms with Gasteiger partial charge in [0.1, 0.15) is 6.67 Å². The van der Waals surface area contributed by atoms with Crippen LogP contribution in [0.2, 0.25) is 0 Å². The average Bonchev–Trinajstić information content (AvgIpc) is 1.98. The molecule has 0 unspecified atom stereocenters. The van der Waals surface area contributed by atoms with Crippen molar-refractivity contribution in [2.24, 2.45) is 0 Å². The lowest BCUT2D eigenvalue weighted by Crippen LogP contribution is -2.25. The zero-order valence-electron chi connectivity index (χ0n) is 6.35. The third-order valence-corrected chi connectivity index (χ3v) is 1.32. The van der Waals surface area contributed by atoms with Crippen LogP contribution in [0.15, 0.2) is 0 Å². The summed E-state index contributed by atoms with van der Waals surface area (Å²) in [5.41, 5.74) is 0. The molecule has 0 atom stereocenters. The summed E-state index contributed by atoms with van der Waals surface area (Å²) >= 11 is 0. The van der Waals surface area contributed by atoms with Crippen LogP contribution in [0, 0.1) is 0 Å². The van der Waals surface area contributed by atoms with Gasteiger partial charge >= 0.3 is 0 Å². The van der Waals surface area contributed by atoms with E-state index in [1.165, 1.54) is 4.90 Å². The Morgan fingerprint density at radius 2 is 2.20 bits per heavy atom. The molecule has 10 heavy (non-hydrogen) atoms. The second kappa shape index (κ2) is 6.52. The molecule has 1 amide bonds. The van der Waals surface area contributed by atoms with Crippen LogP contribution in [-0.2, 0) is 4.79 Å². The molecule has 0 fully saturated rings. The molecule has 2 nitrogen and oxygen atoms in total. The number of hydrogen-bond donors (Lipinski definition) is 0. The Labute approximate surface area is 61.0 Å². The highest BCUT2D eigenvalue weighted by Gasteiger charge is 1.97. The molecular weight excluding hydrogens is 133 g/mol. The lowest BCUT2D eigenvalue weighted by Gasteiger charge is -2.13. The predicted octanol–water partition coefficient (Wildman–Crippen LogP) is 1.21. The van der Waals surface area contributed by atoms with Crippen molar-refractivity contribution < 1.29 is 9.18 Å². The largest absolute Gasteiger partial charge is 0.343 e. The van der Waals surface area contributed by atoms with Crippen molar-refractivity contribution in [2.45, 2.75) is 19.8 Å². The highest BCUT2D eigenvalue weighted by Crippen LogP contribution is 1.91. The zero-order chi connectivity index (χ0) is 7.82. The van der Waals surface area contributed by atoms with Gasteiger partial charge in [-0.1, -0.05) is 13.3 Å². The van der Waals surface area contributed by atoms with E-state index in [4.69, 9.17) is 0 Å². The number of amides is 1. The molecule has 0 N–H and O–H groups in total. The number of alkyl halides is 1. The van der Waals surface area contributed by atoms with Gasteiger partial charge in [-0.2, -0.15) is 0 Å². The van der Waals surface area contributed by atoms with E-state index in [1.54, 1.807) is 0 Å². The number of carbonyl (C=O) groups excluding carboxylic acids is 1. The van der Waals surface area contributed by atoms with Gasteiger partial charge in [0, 0.05) is 13.1 Å². The molecule has 0 spiro atoms. The van der Waals surface area contributed by atoms with Gasteiger partial charge in [-0.3, -0.25) is 4.79 Å². The lowest BCUT2D eigenvalue weighted by atomic mass is 10.3. The van der Waals surface area contributed by atoms with Gasteiger partial charge in [0.25, 0.3) is 0 Å². The van der Waals surface area contributed by atoms with Crippen molar-refractivity contribution >= 4 is 6.41 Å². The van der Waals surface area contributed by atoms with Gasteiger partial charge in [-0.05, 0) is 6.42 Å². The van der Waals surface area contributed by atoms with Gasteiger partial charge in [-0.25, -0.2) is 4.39 Å². The minimum absolute atomic E-state index is 0.240. The van der Waals surface area contributed by atoms with Crippen LogP contribution in [0.5, 0.6) is 0 Å². The molecule has 0 bridgehead atoms. The van der Waals surface area contributed by atoms with E-state index >= 15 is 0 Å². The monoisotopic (exact) mass is 147 g/mol. The van der Waals surface area contributed by atoms with E-state index in [1.807, 2.05) is 6.92 Å². The number of carbonyl (C=O) groups is 1. The quantitative estimate of drug-likeness (QED) is 0.517. The van der Waals surface area contributed by atoms with Crippen LogP contribution in [0.4, 0.5) is 4.39 Å². The molecule has 0 aliphatic rings. The van der Waals surface area contributed by atoms with E-state index < -0.39 is 6.67 Å². The van der Waals surface area contributed by atoms with Crippen molar-refractivity contribution in [3.05, 3.63) is 0 Å². The maximum absolute atomic E-state index is 11.7. The Morgan fingerprint density at radius 3 is 2.60 bits per heavy atom. The Morgan fingerprint density at radius 1 is 1.50 bits per heavy atom. The zero-order valence-corrected chi connectivity index (χ0v) is 6.35. The second-order valence-electron chi connectivity index (χ2n) is 2.18. The van der Waals surface area contributed by atoms with Crippen molar-refractivity contribution in [3.8, 4) is 0 Å². The summed E-state index contributed by atoms with van der Waals surface area (Å²) < 4.78 is 11.7. The normalized spacial score (nSPS) is 9.40. The number of unbranched alkanes of at least 4 members (excludes halogenated alkanes) is 1. The van der Waals surface area contributed by atoms with Crippen LogP contribution in [0.1, 0.15) is 19.8 Å². The molecule has 0 heterocycles. The molecule has 60 valence electrons. The van der Waals surface area contributed by atoms with Crippen molar-refractivity contribution in [1.29, 1.82) is 0 Å². The molecule has 0 aromatic rings. The van der Waals surface area contributed by atoms with Gasteiger partial charge in [0.15, 0.2) is 0 Å². The van der Waals surface area contributed by atoms with E-state index in [2.05, 4.69) is 0 Å². The van der Waals surface area contributed by atoms with E-state index in [0.29, 0.717) is 13.0 Å². The van der Waals surface area contributed by atoms with E-state index in [-0.39, 0.29) is 6.54 Å². The van der Waals surface area contributed by atoms with Crippen molar-refractivity contribution in [3.63, 3.8) is 0 Å². The highest BCUT2D eigenvalue weighted by molar-refractivity contribution is 5.46. The number of hydrogen-bond acceptors (Lipinski definition) is 1. The smallest absolute Gasteiger partial charge is 0.209 e. The summed E-state index contributed by atoms with van der Waals surface area (Å²) in [6.45, 7) is 2.52. The summed E-state index contributed by atoms with van der Waals surface area (Å²) in [7, 11) is 0. The summed E-state index contributed by atoms with van der Waals surface area (Å²) in [6, 6.07) is 0. The SMILES string of the molecule is CCCCN(C=O)CCF. The number of rotatable bonds is 6. The Kier molecular flexibility index (Phi) is 6.13. The first-order valence-electron chi connectivity index (χ1n) is 3.60. The van der Waals surface area contributed by atoms with Crippen LogP contribution < -0.4 is 0 Å². The van der Waals surface area contributed by atoms with Crippen molar-refractivity contribution in [1.82, 2.24) is 4.90 Å². The van der Waals surface area contributed by atoms with Crippen LogP contribution in [-0.4, -0.2) is 31.1 Å². The second-order valence-corrected chi connectivity index (χ2v) is 2.18. The molecule has 0 saturated heterocycles. The topological polar surface area (TPSA) is 20.3 Å². The van der Waals surface area contributed by atoms with E-state index in [0.717, 1.165) is 12.8 Å². The third kappa shape index (κ3) is 4.30. The van der Waals surface area contributed by atoms with Crippen LogP contribution in [0.25, 0.3) is 0 Å². The summed E-state index contributed by atoms with van der Waals surface area (Å²) in [5.74, 6) is 0. The molecule has 0 aliphatic carbocycles. The average molecular weight is 147 g/mol. The summed E-state index contributed by atoms with van der Waals surface area (Å²) in [4.78, 5) is 11.6. The minimum Gasteiger partial charge on any atom is -0.343 e. The molecule has 0 aromatic carbocycles. The highest BCUT2D eigenvalue weighted by atomic mass is 19.1. The predicted molar refractivity (Wildman–Crippen MR) is 38.5 cm³/mol.